The lowest BCUT2D eigenvalue weighted by Gasteiger charge is -2.29. The number of unbranched alkanes of at least 4 members (excludes halogenated alkanes) is 3. The molecule has 4 nitrogen and oxygen atoms in total. The Morgan fingerprint density at radius 2 is 1.68 bits per heavy atom. The van der Waals surface area contributed by atoms with E-state index in [0.29, 0.717) is 0 Å². The predicted molar refractivity (Wildman–Crippen MR) is 85.6 cm³/mol. The topological polar surface area (TPSA) is 50.4 Å². The van der Waals surface area contributed by atoms with Gasteiger partial charge < -0.3 is 15.5 Å². The highest BCUT2D eigenvalue weighted by Crippen LogP contribution is 2.06. The van der Waals surface area contributed by atoms with Crippen LogP contribution in [0.3, 0.4) is 0 Å². The van der Waals surface area contributed by atoms with E-state index in [2.05, 4.69) is 31.3 Å². The van der Waals surface area contributed by atoms with Crippen molar-refractivity contribution in [1.29, 1.82) is 0 Å². The first-order valence-corrected chi connectivity index (χ1v) is 7.85. The molecule has 0 aromatic rings. The van der Waals surface area contributed by atoms with Gasteiger partial charge in [-0.3, -0.25) is 4.99 Å². The number of nitrogens with one attached hydrogen (secondary N) is 1. The summed E-state index contributed by atoms with van der Waals surface area (Å²) in [7, 11) is 4.68. The highest BCUT2D eigenvalue weighted by molar-refractivity contribution is 5.50. The summed E-state index contributed by atoms with van der Waals surface area (Å²) < 4.78 is 1.18. The smallest absolute Gasteiger partial charge is 0.0797 e. The van der Waals surface area contributed by atoms with Crippen molar-refractivity contribution in [3.05, 3.63) is 0 Å². The SMILES string of the molecule is CCC[N+](C)(C)CCCCCCNCCCN=CN. The lowest BCUT2D eigenvalue weighted by atomic mass is 10.1. The van der Waals surface area contributed by atoms with E-state index in [1.54, 1.807) is 0 Å². The second-order valence-electron chi connectivity index (χ2n) is 5.96. The van der Waals surface area contributed by atoms with Crippen LogP contribution in [0.15, 0.2) is 4.99 Å². The van der Waals surface area contributed by atoms with Crippen LogP contribution in [0.25, 0.3) is 0 Å². The van der Waals surface area contributed by atoms with Gasteiger partial charge in [0.2, 0.25) is 0 Å². The number of rotatable bonds is 13. The number of aliphatic imine (C=N–C) groups is 1. The molecule has 0 aliphatic carbocycles. The summed E-state index contributed by atoms with van der Waals surface area (Å²) >= 11 is 0. The third-order valence-corrected chi connectivity index (χ3v) is 3.44. The minimum atomic E-state index is 0.841. The fourth-order valence-corrected chi connectivity index (χ4v) is 2.36. The van der Waals surface area contributed by atoms with Crippen molar-refractivity contribution in [3.8, 4) is 0 Å². The van der Waals surface area contributed by atoms with Crippen molar-refractivity contribution in [1.82, 2.24) is 5.32 Å². The minimum Gasteiger partial charge on any atom is -0.390 e. The molecule has 0 unspecified atom stereocenters. The lowest BCUT2D eigenvalue weighted by molar-refractivity contribution is -0.890. The quantitative estimate of drug-likeness (QED) is 0.233. The summed E-state index contributed by atoms with van der Waals surface area (Å²) in [6.07, 6.45) is 9.12. The van der Waals surface area contributed by atoms with Crippen LogP contribution in [-0.2, 0) is 0 Å². The maximum atomic E-state index is 5.17. The van der Waals surface area contributed by atoms with Gasteiger partial charge in [-0.1, -0.05) is 13.3 Å². The van der Waals surface area contributed by atoms with E-state index >= 15 is 0 Å². The average molecular weight is 271 g/mol. The fraction of sp³-hybridized carbons (Fsp3) is 0.933. The first-order valence-electron chi connectivity index (χ1n) is 7.85. The van der Waals surface area contributed by atoms with Gasteiger partial charge in [0, 0.05) is 6.54 Å². The molecule has 0 aromatic heterocycles. The summed E-state index contributed by atoms with van der Waals surface area (Å²) in [4.78, 5) is 3.98. The zero-order valence-corrected chi connectivity index (χ0v) is 13.3. The Labute approximate surface area is 120 Å². The number of nitrogens with zero attached hydrogens (tertiary/aromatic N) is 2. The van der Waals surface area contributed by atoms with Crippen LogP contribution in [-0.4, -0.2) is 57.6 Å². The molecule has 19 heavy (non-hydrogen) atoms. The lowest BCUT2D eigenvalue weighted by Crippen LogP contribution is -2.40. The van der Waals surface area contributed by atoms with Crippen LogP contribution in [0.5, 0.6) is 0 Å². The highest BCUT2D eigenvalue weighted by atomic mass is 15.3. The van der Waals surface area contributed by atoms with Crippen molar-refractivity contribution < 1.29 is 4.48 Å². The van der Waals surface area contributed by atoms with Crippen LogP contribution >= 0.6 is 0 Å². The van der Waals surface area contributed by atoms with E-state index in [-0.39, 0.29) is 0 Å². The van der Waals surface area contributed by atoms with Crippen LogP contribution in [0, 0.1) is 0 Å². The van der Waals surface area contributed by atoms with E-state index in [4.69, 9.17) is 5.73 Å². The standard InChI is InChI=1S/C15H35N4/c1-4-13-19(2,3)14-8-6-5-7-10-17-11-9-12-18-15-16/h15,17H,4-14H2,1-3H3,(H2,16,18)/q+1. The van der Waals surface area contributed by atoms with E-state index in [0.717, 1.165) is 26.1 Å². The molecule has 0 bridgehead atoms. The van der Waals surface area contributed by atoms with Crippen LogP contribution < -0.4 is 11.1 Å². The molecular weight excluding hydrogens is 236 g/mol. The second-order valence-corrected chi connectivity index (χ2v) is 5.96. The Morgan fingerprint density at radius 1 is 1.00 bits per heavy atom. The number of nitrogens with two attached hydrogens (primary N) is 1. The van der Waals surface area contributed by atoms with Gasteiger partial charge >= 0.3 is 0 Å². The van der Waals surface area contributed by atoms with Gasteiger partial charge in [0.05, 0.1) is 33.5 Å². The maximum Gasteiger partial charge on any atom is 0.0797 e. The number of quaternary nitrogens is 1. The molecule has 0 aliphatic rings. The molecule has 4 heteroatoms. The maximum absolute atomic E-state index is 5.17. The largest absolute Gasteiger partial charge is 0.390 e. The van der Waals surface area contributed by atoms with E-state index in [1.165, 1.54) is 56.0 Å². The molecule has 0 saturated carbocycles. The Morgan fingerprint density at radius 3 is 2.37 bits per heavy atom. The van der Waals surface area contributed by atoms with Crippen LogP contribution in [0.1, 0.15) is 45.4 Å². The first-order chi connectivity index (χ1) is 9.12. The second kappa shape index (κ2) is 12.4. The van der Waals surface area contributed by atoms with Crippen molar-refractivity contribution >= 4 is 6.34 Å². The highest BCUT2D eigenvalue weighted by Gasteiger charge is 2.11. The van der Waals surface area contributed by atoms with Crippen molar-refractivity contribution in [3.63, 3.8) is 0 Å². The summed E-state index contributed by atoms with van der Waals surface area (Å²) in [5, 5.41) is 3.45. The summed E-state index contributed by atoms with van der Waals surface area (Å²) in [6.45, 7) is 7.92. The minimum absolute atomic E-state index is 0.841. The summed E-state index contributed by atoms with van der Waals surface area (Å²) in [5.41, 5.74) is 5.17. The van der Waals surface area contributed by atoms with Crippen molar-refractivity contribution in [2.24, 2.45) is 10.7 Å². The van der Waals surface area contributed by atoms with Crippen LogP contribution in [0.4, 0.5) is 0 Å². The van der Waals surface area contributed by atoms with Gasteiger partial charge in [0.1, 0.15) is 0 Å². The van der Waals surface area contributed by atoms with Gasteiger partial charge in [-0.25, -0.2) is 0 Å². The third kappa shape index (κ3) is 13.6. The molecule has 0 spiro atoms. The first kappa shape index (κ1) is 18.4. The molecule has 0 amide bonds. The Balaban J connectivity index is 3.19. The Hall–Kier alpha value is -0.610. The Bertz CT molecular complexity index is 214. The van der Waals surface area contributed by atoms with E-state index < -0.39 is 0 Å². The van der Waals surface area contributed by atoms with Crippen molar-refractivity contribution in [2.75, 3.05) is 46.8 Å². The molecule has 0 fully saturated rings. The fourth-order valence-electron chi connectivity index (χ4n) is 2.36. The summed E-state index contributed by atoms with van der Waals surface area (Å²) in [5.74, 6) is 0. The average Bonchev–Trinajstić information content (AvgIpc) is 2.36. The molecule has 0 heterocycles. The van der Waals surface area contributed by atoms with Crippen LogP contribution in [0.2, 0.25) is 0 Å². The number of hydrogen-bond acceptors (Lipinski definition) is 2. The molecular formula is C15H35N4+. The number of hydrogen-bond donors (Lipinski definition) is 2. The monoisotopic (exact) mass is 271 g/mol. The van der Waals surface area contributed by atoms with Gasteiger partial charge in [0.15, 0.2) is 0 Å². The molecule has 0 rings (SSSR count). The molecule has 0 aliphatic heterocycles. The zero-order valence-electron chi connectivity index (χ0n) is 13.3. The Kier molecular flexibility index (Phi) is 12.0. The summed E-state index contributed by atoms with van der Waals surface area (Å²) in [6, 6.07) is 0. The molecule has 0 atom stereocenters. The molecule has 0 saturated heterocycles. The third-order valence-electron chi connectivity index (χ3n) is 3.44. The van der Waals surface area contributed by atoms with Gasteiger partial charge in [0.25, 0.3) is 0 Å². The molecule has 3 N–H and O–H groups in total. The molecule has 0 radical (unpaired) electrons. The molecule has 114 valence electrons. The normalized spacial score (nSPS) is 12.4. The van der Waals surface area contributed by atoms with Gasteiger partial charge in [-0.2, -0.15) is 0 Å². The van der Waals surface area contributed by atoms with Crippen molar-refractivity contribution in [2.45, 2.75) is 45.4 Å². The molecule has 0 aromatic carbocycles. The predicted octanol–water partition coefficient (Wildman–Crippen LogP) is 2.00. The van der Waals surface area contributed by atoms with E-state index in [1.807, 2.05) is 0 Å². The van der Waals surface area contributed by atoms with E-state index in [9.17, 15) is 0 Å². The zero-order chi connectivity index (χ0) is 14.4. The van der Waals surface area contributed by atoms with Gasteiger partial charge in [-0.05, 0) is 45.2 Å². The van der Waals surface area contributed by atoms with Gasteiger partial charge in [-0.15, -0.1) is 0 Å².